The number of rotatable bonds is 8. The summed E-state index contributed by atoms with van der Waals surface area (Å²) < 4.78 is 0. The molecule has 1 aromatic rings. The topological polar surface area (TPSA) is 0 Å². The van der Waals surface area contributed by atoms with E-state index in [9.17, 15) is 0 Å². The van der Waals surface area contributed by atoms with Crippen molar-refractivity contribution in [3.63, 3.8) is 0 Å². The molecule has 1 aromatic carbocycles. The fraction of sp³-hybridized carbons (Fsp3) is 0.357. The summed E-state index contributed by atoms with van der Waals surface area (Å²) in [5.74, 6) is 1.01. The normalized spacial score (nSPS) is 12.6. The number of allylic oxidation sites excluding steroid dienone is 8. The second kappa shape index (κ2) is 16.8. The summed E-state index contributed by atoms with van der Waals surface area (Å²) in [6.45, 7) is 30.0. The van der Waals surface area contributed by atoms with Crippen molar-refractivity contribution in [2.24, 2.45) is 5.92 Å². The van der Waals surface area contributed by atoms with Gasteiger partial charge in [-0.2, -0.15) is 0 Å². The standard InChI is InChI=1S/C16H22.C10H14.C2H6/c1-12(2)11-16(14(5)13(3)4)15-9-7-6-8-10-15;1-5-7-8-10(6-2)9(3)4;1-2/h6-10,14,16H,1,3,11H2,2,4-5H3;5-8H,1,3H2,2,4H3;1-2H3/b;8-7-,10-6+;/t14-,16+;;/m0../s1. The predicted octanol–water partition coefficient (Wildman–Crippen LogP) is 9.23. The Balaban J connectivity index is 0. The first-order valence-corrected chi connectivity index (χ1v) is 10.2. The summed E-state index contributed by atoms with van der Waals surface area (Å²) in [6, 6.07) is 10.7. The zero-order valence-corrected chi connectivity index (χ0v) is 19.4. The molecule has 0 saturated carbocycles. The smallest absolute Gasteiger partial charge is 0.00622 e. The van der Waals surface area contributed by atoms with E-state index in [-0.39, 0.29) is 0 Å². The van der Waals surface area contributed by atoms with Crippen molar-refractivity contribution in [2.45, 2.75) is 60.8 Å². The van der Waals surface area contributed by atoms with Crippen molar-refractivity contribution in [2.75, 3.05) is 0 Å². The molecule has 0 aromatic heterocycles. The van der Waals surface area contributed by atoms with Gasteiger partial charge in [-0.25, -0.2) is 0 Å². The summed E-state index contributed by atoms with van der Waals surface area (Å²) in [5.41, 5.74) is 6.12. The molecule has 0 spiro atoms. The summed E-state index contributed by atoms with van der Waals surface area (Å²) >= 11 is 0. The molecule has 154 valence electrons. The monoisotopic (exact) mass is 378 g/mol. The van der Waals surface area contributed by atoms with E-state index in [0.717, 1.165) is 12.0 Å². The zero-order valence-electron chi connectivity index (χ0n) is 19.4. The maximum atomic E-state index is 4.08. The molecule has 0 aliphatic carbocycles. The van der Waals surface area contributed by atoms with Crippen LogP contribution in [0.15, 0.2) is 103 Å². The van der Waals surface area contributed by atoms with Gasteiger partial charge in [0.25, 0.3) is 0 Å². The third-order valence-corrected chi connectivity index (χ3v) is 4.39. The van der Waals surface area contributed by atoms with E-state index in [1.165, 1.54) is 22.3 Å². The molecule has 0 N–H and O–H groups in total. The molecule has 0 unspecified atom stereocenters. The van der Waals surface area contributed by atoms with Crippen molar-refractivity contribution in [3.8, 4) is 0 Å². The largest absolute Gasteiger partial charge is 0.100 e. The van der Waals surface area contributed by atoms with Crippen molar-refractivity contribution in [1.82, 2.24) is 0 Å². The average molecular weight is 379 g/mol. The van der Waals surface area contributed by atoms with Gasteiger partial charge in [0.05, 0.1) is 0 Å². The Kier molecular flexibility index (Phi) is 16.7. The molecule has 0 bridgehead atoms. The number of hydrogen-bond donors (Lipinski definition) is 0. The Bertz CT molecular complexity index is 653. The molecule has 1 rings (SSSR count). The molecule has 0 fully saturated rings. The molecular formula is C28H42. The maximum Gasteiger partial charge on any atom is -0.00622 e. The van der Waals surface area contributed by atoms with Crippen LogP contribution in [0.2, 0.25) is 0 Å². The van der Waals surface area contributed by atoms with Crippen LogP contribution in [0.5, 0.6) is 0 Å². The van der Waals surface area contributed by atoms with Crippen molar-refractivity contribution in [3.05, 3.63) is 109 Å². The van der Waals surface area contributed by atoms with E-state index in [4.69, 9.17) is 0 Å². The second-order valence-electron chi connectivity index (χ2n) is 6.93. The molecule has 0 radical (unpaired) electrons. The SMILES string of the molecule is C=C(C)C[C@@H](c1ccccc1)[C@@H](C)C(=C)C.C=C/C=C\C(=C/C)C(=C)C.CC. The summed E-state index contributed by atoms with van der Waals surface area (Å²) in [6.07, 6.45) is 8.73. The van der Waals surface area contributed by atoms with E-state index in [1.807, 2.05) is 45.9 Å². The quantitative estimate of drug-likeness (QED) is 0.312. The average Bonchev–Trinajstić information content (AvgIpc) is 2.68. The first kappa shape index (κ1) is 27.9. The Morgan fingerprint density at radius 3 is 1.89 bits per heavy atom. The molecule has 0 heterocycles. The van der Waals surface area contributed by atoms with Crippen LogP contribution in [0.4, 0.5) is 0 Å². The summed E-state index contributed by atoms with van der Waals surface area (Å²) in [5, 5.41) is 0. The van der Waals surface area contributed by atoms with Gasteiger partial charge < -0.3 is 0 Å². The molecule has 0 aliphatic rings. The Morgan fingerprint density at radius 1 is 1.00 bits per heavy atom. The van der Waals surface area contributed by atoms with Crippen molar-refractivity contribution < 1.29 is 0 Å². The molecule has 0 nitrogen and oxygen atoms in total. The van der Waals surface area contributed by atoms with Gasteiger partial charge in [-0.3, -0.25) is 0 Å². The second-order valence-corrected chi connectivity index (χ2v) is 6.93. The van der Waals surface area contributed by atoms with E-state index in [1.54, 1.807) is 6.08 Å². The molecule has 0 aliphatic heterocycles. The first-order chi connectivity index (χ1) is 13.2. The van der Waals surface area contributed by atoms with Gasteiger partial charge in [-0.05, 0) is 57.1 Å². The van der Waals surface area contributed by atoms with Crippen molar-refractivity contribution in [1.29, 1.82) is 0 Å². The van der Waals surface area contributed by atoms with Crippen LogP contribution in [-0.4, -0.2) is 0 Å². The van der Waals surface area contributed by atoms with Gasteiger partial charge in [-0.1, -0.05) is 112 Å². The Labute approximate surface area is 175 Å². The van der Waals surface area contributed by atoms with E-state index in [2.05, 4.69) is 77.4 Å². The third kappa shape index (κ3) is 12.1. The molecule has 0 saturated heterocycles. The maximum absolute atomic E-state index is 4.08. The zero-order chi connectivity index (χ0) is 22.1. The lowest BCUT2D eigenvalue weighted by Gasteiger charge is -2.25. The lowest BCUT2D eigenvalue weighted by molar-refractivity contribution is 0.518. The minimum atomic E-state index is 0.499. The predicted molar refractivity (Wildman–Crippen MR) is 132 cm³/mol. The van der Waals surface area contributed by atoms with Gasteiger partial charge in [0.1, 0.15) is 0 Å². The van der Waals surface area contributed by atoms with Crippen LogP contribution < -0.4 is 0 Å². The van der Waals surface area contributed by atoms with E-state index >= 15 is 0 Å². The van der Waals surface area contributed by atoms with Gasteiger partial charge in [-0.15, -0.1) is 6.58 Å². The van der Waals surface area contributed by atoms with E-state index < -0.39 is 0 Å². The van der Waals surface area contributed by atoms with Gasteiger partial charge in [0.15, 0.2) is 0 Å². The molecule has 0 amide bonds. The van der Waals surface area contributed by atoms with Crippen LogP contribution in [0.25, 0.3) is 0 Å². The Morgan fingerprint density at radius 2 is 1.54 bits per heavy atom. The lowest BCUT2D eigenvalue weighted by Crippen LogP contribution is -2.11. The highest BCUT2D eigenvalue weighted by molar-refractivity contribution is 5.36. The van der Waals surface area contributed by atoms with Crippen molar-refractivity contribution >= 4 is 0 Å². The van der Waals surface area contributed by atoms with Crippen LogP contribution in [0, 0.1) is 5.92 Å². The molecular weight excluding hydrogens is 336 g/mol. The molecule has 28 heavy (non-hydrogen) atoms. The fourth-order valence-corrected chi connectivity index (χ4v) is 2.66. The highest BCUT2D eigenvalue weighted by atomic mass is 14.2. The third-order valence-electron chi connectivity index (χ3n) is 4.39. The molecule has 2 atom stereocenters. The minimum Gasteiger partial charge on any atom is -0.100 e. The van der Waals surface area contributed by atoms with Crippen LogP contribution >= 0.6 is 0 Å². The molecule has 0 heteroatoms. The number of hydrogen-bond acceptors (Lipinski definition) is 0. The van der Waals surface area contributed by atoms with E-state index in [0.29, 0.717) is 11.8 Å². The van der Waals surface area contributed by atoms with Gasteiger partial charge in [0.2, 0.25) is 0 Å². The van der Waals surface area contributed by atoms with Crippen LogP contribution in [0.3, 0.4) is 0 Å². The highest BCUT2D eigenvalue weighted by Gasteiger charge is 2.19. The van der Waals surface area contributed by atoms with Crippen LogP contribution in [0.1, 0.15) is 66.4 Å². The summed E-state index contributed by atoms with van der Waals surface area (Å²) in [4.78, 5) is 0. The summed E-state index contributed by atoms with van der Waals surface area (Å²) in [7, 11) is 0. The Hall–Kier alpha value is -2.34. The minimum absolute atomic E-state index is 0.499. The lowest BCUT2D eigenvalue weighted by atomic mass is 9.80. The van der Waals surface area contributed by atoms with Gasteiger partial charge in [0, 0.05) is 0 Å². The van der Waals surface area contributed by atoms with Crippen LogP contribution in [-0.2, 0) is 0 Å². The first-order valence-electron chi connectivity index (χ1n) is 10.2. The van der Waals surface area contributed by atoms with Gasteiger partial charge >= 0.3 is 0 Å². The fourth-order valence-electron chi connectivity index (χ4n) is 2.66. The highest BCUT2D eigenvalue weighted by Crippen LogP contribution is 2.33. The number of benzene rings is 1.